The van der Waals surface area contributed by atoms with Crippen molar-refractivity contribution < 1.29 is 9.63 Å². The number of phenolic OH excluding ortho intramolecular Hbond substituents is 1. The SMILES string of the molecule is CC(C)(C)Cc1nc(-c2cccc(O)c2)no1. The van der Waals surface area contributed by atoms with E-state index in [2.05, 4.69) is 30.9 Å². The first-order valence-electron chi connectivity index (χ1n) is 5.56. The van der Waals surface area contributed by atoms with E-state index in [1.165, 1.54) is 0 Å². The van der Waals surface area contributed by atoms with E-state index in [0.717, 1.165) is 12.0 Å². The van der Waals surface area contributed by atoms with E-state index in [1.807, 2.05) is 6.07 Å². The maximum Gasteiger partial charge on any atom is 0.227 e. The normalized spacial score (nSPS) is 11.7. The van der Waals surface area contributed by atoms with Gasteiger partial charge in [0.15, 0.2) is 0 Å². The Bertz CT molecular complexity index is 512. The molecule has 0 spiro atoms. The van der Waals surface area contributed by atoms with Crippen molar-refractivity contribution in [3.8, 4) is 17.1 Å². The zero-order valence-corrected chi connectivity index (χ0v) is 10.3. The highest BCUT2D eigenvalue weighted by Gasteiger charge is 2.17. The zero-order chi connectivity index (χ0) is 12.5. The summed E-state index contributed by atoms with van der Waals surface area (Å²) in [5.41, 5.74) is 0.872. The summed E-state index contributed by atoms with van der Waals surface area (Å²) >= 11 is 0. The fourth-order valence-electron chi connectivity index (χ4n) is 1.54. The summed E-state index contributed by atoms with van der Waals surface area (Å²) in [6.07, 6.45) is 0.735. The summed E-state index contributed by atoms with van der Waals surface area (Å²) in [6.45, 7) is 6.35. The molecule has 0 amide bonds. The zero-order valence-electron chi connectivity index (χ0n) is 10.3. The molecule has 1 aromatic heterocycles. The van der Waals surface area contributed by atoms with Crippen LogP contribution in [0.3, 0.4) is 0 Å². The van der Waals surface area contributed by atoms with Gasteiger partial charge in [-0.3, -0.25) is 0 Å². The number of hydrogen-bond donors (Lipinski definition) is 1. The topological polar surface area (TPSA) is 59.2 Å². The Morgan fingerprint density at radius 1 is 1.29 bits per heavy atom. The minimum Gasteiger partial charge on any atom is -0.508 e. The maximum atomic E-state index is 9.38. The van der Waals surface area contributed by atoms with Crippen LogP contribution in [-0.2, 0) is 6.42 Å². The van der Waals surface area contributed by atoms with Crippen molar-refractivity contribution in [3.63, 3.8) is 0 Å². The van der Waals surface area contributed by atoms with Crippen molar-refractivity contribution in [2.45, 2.75) is 27.2 Å². The number of aromatic hydroxyl groups is 1. The highest BCUT2D eigenvalue weighted by molar-refractivity contribution is 5.56. The molecule has 0 unspecified atom stereocenters. The molecule has 0 aliphatic carbocycles. The molecule has 90 valence electrons. The number of benzene rings is 1. The van der Waals surface area contributed by atoms with Gasteiger partial charge in [-0.2, -0.15) is 4.98 Å². The van der Waals surface area contributed by atoms with Crippen LogP contribution in [0.15, 0.2) is 28.8 Å². The lowest BCUT2D eigenvalue weighted by molar-refractivity contribution is 0.314. The Hall–Kier alpha value is -1.84. The Balaban J connectivity index is 2.24. The van der Waals surface area contributed by atoms with Gasteiger partial charge in [0.25, 0.3) is 0 Å². The number of aromatic nitrogens is 2. The second kappa shape index (κ2) is 4.20. The predicted octanol–water partition coefficient (Wildman–Crippen LogP) is 3.03. The first-order chi connectivity index (χ1) is 7.94. The molecule has 2 aromatic rings. The summed E-state index contributed by atoms with van der Waals surface area (Å²) in [5, 5.41) is 13.3. The standard InChI is InChI=1S/C13H16N2O2/c1-13(2,3)8-11-14-12(15-17-11)9-5-4-6-10(16)7-9/h4-7,16H,8H2,1-3H3. The van der Waals surface area contributed by atoms with Gasteiger partial charge in [0.05, 0.1) is 0 Å². The fourth-order valence-corrected chi connectivity index (χ4v) is 1.54. The Morgan fingerprint density at radius 3 is 2.71 bits per heavy atom. The van der Waals surface area contributed by atoms with Gasteiger partial charge in [0.1, 0.15) is 5.75 Å². The number of hydrogen-bond acceptors (Lipinski definition) is 4. The monoisotopic (exact) mass is 232 g/mol. The van der Waals surface area contributed by atoms with Gasteiger partial charge in [-0.05, 0) is 17.5 Å². The van der Waals surface area contributed by atoms with Crippen LogP contribution in [0.4, 0.5) is 0 Å². The van der Waals surface area contributed by atoms with Gasteiger partial charge in [0.2, 0.25) is 11.7 Å². The highest BCUT2D eigenvalue weighted by atomic mass is 16.5. The lowest BCUT2D eigenvalue weighted by atomic mass is 9.92. The molecule has 0 aliphatic rings. The second-order valence-electron chi connectivity index (χ2n) is 5.30. The molecule has 1 aromatic carbocycles. The molecule has 2 rings (SSSR count). The lowest BCUT2D eigenvalue weighted by Gasteiger charge is -2.13. The van der Waals surface area contributed by atoms with Gasteiger partial charge in [0, 0.05) is 12.0 Å². The minimum absolute atomic E-state index is 0.114. The average molecular weight is 232 g/mol. The maximum absolute atomic E-state index is 9.38. The molecule has 17 heavy (non-hydrogen) atoms. The molecule has 0 atom stereocenters. The van der Waals surface area contributed by atoms with Crippen molar-refractivity contribution in [3.05, 3.63) is 30.2 Å². The Labute approximate surface area is 100 Å². The minimum atomic E-state index is 0.114. The summed E-state index contributed by atoms with van der Waals surface area (Å²) in [5.74, 6) is 1.33. The van der Waals surface area contributed by atoms with E-state index < -0.39 is 0 Å². The number of rotatable bonds is 2. The van der Waals surface area contributed by atoms with E-state index in [9.17, 15) is 5.11 Å². The molecular weight excluding hydrogens is 216 g/mol. The van der Waals surface area contributed by atoms with Crippen molar-refractivity contribution in [1.29, 1.82) is 0 Å². The van der Waals surface area contributed by atoms with Gasteiger partial charge in [-0.25, -0.2) is 0 Å². The summed E-state index contributed by atoms with van der Waals surface area (Å²) in [4.78, 5) is 4.32. The Morgan fingerprint density at radius 2 is 2.06 bits per heavy atom. The molecule has 4 heteroatoms. The third-order valence-corrected chi connectivity index (χ3v) is 2.25. The third kappa shape index (κ3) is 3.06. The van der Waals surface area contributed by atoms with Crippen LogP contribution >= 0.6 is 0 Å². The summed E-state index contributed by atoms with van der Waals surface area (Å²) in [6, 6.07) is 6.82. The molecule has 0 saturated carbocycles. The summed E-state index contributed by atoms with van der Waals surface area (Å²) in [7, 11) is 0. The lowest BCUT2D eigenvalue weighted by Crippen LogP contribution is -2.09. The predicted molar refractivity (Wildman–Crippen MR) is 64.6 cm³/mol. The molecule has 0 aliphatic heterocycles. The molecule has 0 bridgehead atoms. The smallest absolute Gasteiger partial charge is 0.227 e. The van der Waals surface area contributed by atoms with Crippen molar-refractivity contribution in [1.82, 2.24) is 10.1 Å². The molecule has 1 N–H and O–H groups in total. The van der Waals surface area contributed by atoms with Crippen molar-refractivity contribution >= 4 is 0 Å². The van der Waals surface area contributed by atoms with Crippen LogP contribution in [0.2, 0.25) is 0 Å². The van der Waals surface area contributed by atoms with Crippen LogP contribution in [0.25, 0.3) is 11.4 Å². The van der Waals surface area contributed by atoms with Crippen LogP contribution in [0.5, 0.6) is 5.75 Å². The number of phenols is 1. The van der Waals surface area contributed by atoms with Gasteiger partial charge in [-0.15, -0.1) is 0 Å². The fraction of sp³-hybridized carbons (Fsp3) is 0.385. The first kappa shape index (κ1) is 11.6. The summed E-state index contributed by atoms with van der Waals surface area (Å²) < 4.78 is 5.19. The van der Waals surface area contributed by atoms with Crippen LogP contribution in [0.1, 0.15) is 26.7 Å². The van der Waals surface area contributed by atoms with E-state index in [0.29, 0.717) is 11.7 Å². The number of nitrogens with zero attached hydrogens (tertiary/aromatic N) is 2. The molecule has 0 fully saturated rings. The first-order valence-corrected chi connectivity index (χ1v) is 5.56. The van der Waals surface area contributed by atoms with Crippen LogP contribution in [0, 0.1) is 5.41 Å². The van der Waals surface area contributed by atoms with Gasteiger partial charge >= 0.3 is 0 Å². The largest absolute Gasteiger partial charge is 0.508 e. The molecule has 1 heterocycles. The van der Waals surface area contributed by atoms with Crippen LogP contribution < -0.4 is 0 Å². The molecular formula is C13H16N2O2. The molecule has 0 saturated heterocycles. The van der Waals surface area contributed by atoms with Crippen LogP contribution in [-0.4, -0.2) is 15.2 Å². The molecule has 0 radical (unpaired) electrons. The van der Waals surface area contributed by atoms with E-state index in [-0.39, 0.29) is 11.2 Å². The van der Waals surface area contributed by atoms with Gasteiger partial charge in [-0.1, -0.05) is 38.1 Å². The highest BCUT2D eigenvalue weighted by Crippen LogP contribution is 2.23. The quantitative estimate of drug-likeness (QED) is 0.864. The van der Waals surface area contributed by atoms with E-state index in [1.54, 1.807) is 18.2 Å². The second-order valence-corrected chi connectivity index (χ2v) is 5.30. The Kier molecular flexibility index (Phi) is 2.88. The van der Waals surface area contributed by atoms with E-state index >= 15 is 0 Å². The van der Waals surface area contributed by atoms with E-state index in [4.69, 9.17) is 4.52 Å². The average Bonchev–Trinajstić information content (AvgIpc) is 2.63. The molecule has 4 nitrogen and oxygen atoms in total. The van der Waals surface area contributed by atoms with Crippen molar-refractivity contribution in [2.24, 2.45) is 5.41 Å². The van der Waals surface area contributed by atoms with Gasteiger partial charge < -0.3 is 9.63 Å². The van der Waals surface area contributed by atoms with Crippen molar-refractivity contribution in [2.75, 3.05) is 0 Å². The third-order valence-electron chi connectivity index (χ3n) is 2.25.